The first-order valence-corrected chi connectivity index (χ1v) is 7.66. The van der Waals surface area contributed by atoms with Crippen molar-refractivity contribution in [1.29, 1.82) is 0 Å². The molecule has 1 aliphatic rings. The summed E-state index contributed by atoms with van der Waals surface area (Å²) in [4.78, 5) is 11.1. The lowest BCUT2D eigenvalue weighted by atomic mass is 9.98. The van der Waals surface area contributed by atoms with Gasteiger partial charge in [-0.25, -0.2) is 4.98 Å². The highest BCUT2D eigenvalue weighted by molar-refractivity contribution is 9.10. The minimum Gasteiger partial charge on any atom is -0.396 e. The van der Waals surface area contributed by atoms with Gasteiger partial charge in [0.1, 0.15) is 5.82 Å². The predicted octanol–water partition coefficient (Wildman–Crippen LogP) is 2.27. The van der Waals surface area contributed by atoms with Gasteiger partial charge >= 0.3 is 0 Å². The number of anilines is 2. The molecule has 0 aromatic carbocycles. The predicted molar refractivity (Wildman–Crippen MR) is 80.5 cm³/mol. The molecule has 0 bridgehead atoms. The van der Waals surface area contributed by atoms with Gasteiger partial charge in [0.15, 0.2) is 0 Å². The quantitative estimate of drug-likeness (QED) is 0.868. The van der Waals surface area contributed by atoms with Crippen LogP contribution in [-0.4, -0.2) is 41.3 Å². The van der Waals surface area contributed by atoms with Crippen LogP contribution in [0.5, 0.6) is 0 Å². The van der Waals surface area contributed by atoms with Crippen molar-refractivity contribution in [3.63, 3.8) is 0 Å². The second-order valence-corrected chi connectivity index (χ2v) is 5.76. The van der Waals surface area contributed by atoms with Gasteiger partial charge in [-0.2, -0.15) is 4.98 Å². The number of aromatic nitrogens is 2. The molecular formula is C13H21BrN4O. The molecule has 1 saturated heterocycles. The Kier molecular flexibility index (Phi) is 5.39. The van der Waals surface area contributed by atoms with Crippen LogP contribution in [-0.2, 0) is 0 Å². The van der Waals surface area contributed by atoms with Crippen molar-refractivity contribution >= 4 is 27.7 Å². The zero-order valence-corrected chi connectivity index (χ0v) is 12.9. The van der Waals surface area contributed by atoms with Crippen molar-refractivity contribution in [3.05, 3.63) is 10.7 Å². The van der Waals surface area contributed by atoms with Gasteiger partial charge in [0.05, 0.1) is 4.47 Å². The molecule has 1 aromatic rings. The van der Waals surface area contributed by atoms with E-state index in [0.29, 0.717) is 18.5 Å². The van der Waals surface area contributed by atoms with E-state index < -0.39 is 0 Å². The highest BCUT2D eigenvalue weighted by atomic mass is 79.9. The van der Waals surface area contributed by atoms with Crippen molar-refractivity contribution in [1.82, 2.24) is 9.97 Å². The lowest BCUT2D eigenvalue weighted by Gasteiger charge is -2.32. The zero-order valence-electron chi connectivity index (χ0n) is 11.3. The molecule has 1 aromatic heterocycles. The minimum absolute atomic E-state index is 0.294. The summed E-state index contributed by atoms with van der Waals surface area (Å²) in [5.41, 5.74) is 0. The molecule has 1 aliphatic heterocycles. The Labute approximate surface area is 122 Å². The number of rotatable bonds is 5. The van der Waals surface area contributed by atoms with Crippen molar-refractivity contribution in [2.24, 2.45) is 5.92 Å². The van der Waals surface area contributed by atoms with E-state index in [-0.39, 0.29) is 0 Å². The molecule has 106 valence electrons. The summed E-state index contributed by atoms with van der Waals surface area (Å²) in [5.74, 6) is 2.07. The van der Waals surface area contributed by atoms with E-state index in [9.17, 15) is 5.11 Å². The number of hydrogen-bond donors (Lipinski definition) is 2. The first-order valence-electron chi connectivity index (χ1n) is 6.86. The van der Waals surface area contributed by atoms with Crippen LogP contribution in [0.25, 0.3) is 0 Å². The van der Waals surface area contributed by atoms with Gasteiger partial charge in [-0.05, 0) is 41.1 Å². The average Bonchev–Trinajstić information content (AvgIpc) is 2.46. The van der Waals surface area contributed by atoms with Crippen molar-refractivity contribution in [2.45, 2.75) is 26.2 Å². The van der Waals surface area contributed by atoms with Crippen molar-refractivity contribution in [2.75, 3.05) is 36.5 Å². The molecule has 0 amide bonds. The monoisotopic (exact) mass is 328 g/mol. The Morgan fingerprint density at radius 1 is 1.47 bits per heavy atom. The van der Waals surface area contributed by atoms with Crippen LogP contribution in [0.3, 0.4) is 0 Å². The van der Waals surface area contributed by atoms with Crippen molar-refractivity contribution < 1.29 is 5.11 Å². The Bertz CT molecular complexity index is 408. The molecule has 0 unspecified atom stereocenters. The van der Waals surface area contributed by atoms with E-state index in [4.69, 9.17) is 0 Å². The van der Waals surface area contributed by atoms with Crippen LogP contribution < -0.4 is 10.2 Å². The van der Waals surface area contributed by atoms with Crippen LogP contribution in [0.4, 0.5) is 11.8 Å². The summed E-state index contributed by atoms with van der Waals surface area (Å²) in [5, 5.41) is 12.4. The topological polar surface area (TPSA) is 61.3 Å². The van der Waals surface area contributed by atoms with Gasteiger partial charge in [0.2, 0.25) is 5.95 Å². The average molecular weight is 329 g/mol. The smallest absolute Gasteiger partial charge is 0.224 e. The van der Waals surface area contributed by atoms with Gasteiger partial charge < -0.3 is 15.3 Å². The number of aliphatic hydroxyl groups excluding tert-OH is 1. The van der Waals surface area contributed by atoms with E-state index in [2.05, 4.69) is 43.0 Å². The fourth-order valence-electron chi connectivity index (χ4n) is 2.23. The summed E-state index contributed by atoms with van der Waals surface area (Å²) >= 11 is 3.52. The van der Waals surface area contributed by atoms with E-state index in [1.54, 1.807) is 6.20 Å². The first kappa shape index (κ1) is 14.5. The van der Waals surface area contributed by atoms with E-state index in [1.165, 1.54) is 0 Å². The summed E-state index contributed by atoms with van der Waals surface area (Å²) in [6, 6.07) is 0. The van der Waals surface area contributed by atoms with E-state index in [0.717, 1.165) is 49.2 Å². The van der Waals surface area contributed by atoms with E-state index >= 15 is 0 Å². The molecule has 6 heteroatoms. The van der Waals surface area contributed by atoms with Crippen molar-refractivity contribution in [3.8, 4) is 0 Å². The number of hydrogen-bond acceptors (Lipinski definition) is 5. The maximum absolute atomic E-state index is 9.18. The number of nitrogens with one attached hydrogen (secondary N) is 1. The number of piperidine rings is 1. The number of nitrogens with zero attached hydrogens (tertiary/aromatic N) is 3. The Morgan fingerprint density at radius 2 is 2.21 bits per heavy atom. The first-order chi connectivity index (χ1) is 9.24. The fourth-order valence-corrected chi connectivity index (χ4v) is 2.67. The fraction of sp³-hybridized carbons (Fsp3) is 0.692. The largest absolute Gasteiger partial charge is 0.396 e. The molecule has 5 nitrogen and oxygen atoms in total. The summed E-state index contributed by atoms with van der Waals surface area (Å²) in [7, 11) is 0. The lowest BCUT2D eigenvalue weighted by Crippen LogP contribution is -2.35. The summed E-state index contributed by atoms with van der Waals surface area (Å²) < 4.78 is 0.928. The maximum Gasteiger partial charge on any atom is 0.224 e. The lowest BCUT2D eigenvalue weighted by molar-refractivity contribution is 0.202. The number of aliphatic hydroxyl groups is 1. The highest BCUT2D eigenvalue weighted by Gasteiger charge is 2.21. The molecule has 0 spiro atoms. The van der Waals surface area contributed by atoms with Gasteiger partial charge in [-0.3, -0.25) is 0 Å². The molecule has 0 radical (unpaired) electrons. The van der Waals surface area contributed by atoms with Gasteiger partial charge in [-0.15, -0.1) is 0 Å². The Morgan fingerprint density at radius 3 is 2.84 bits per heavy atom. The van der Waals surface area contributed by atoms with Crippen LogP contribution >= 0.6 is 15.9 Å². The van der Waals surface area contributed by atoms with Crippen LogP contribution in [0, 0.1) is 5.92 Å². The normalized spacial score (nSPS) is 16.7. The number of halogens is 1. The molecule has 0 saturated carbocycles. The molecule has 19 heavy (non-hydrogen) atoms. The van der Waals surface area contributed by atoms with Gasteiger partial charge in [0, 0.05) is 32.4 Å². The van der Waals surface area contributed by atoms with Gasteiger partial charge in [-0.1, -0.05) is 6.92 Å². The molecule has 2 heterocycles. The van der Waals surface area contributed by atoms with E-state index in [1.807, 2.05) is 0 Å². The molecule has 0 aliphatic carbocycles. The Balaban J connectivity index is 2.06. The molecule has 2 N–H and O–H groups in total. The molecule has 1 fully saturated rings. The SMILES string of the molecule is CCCNc1ncc(Br)c(N2CCC(CO)CC2)n1. The molecule has 0 atom stereocenters. The van der Waals surface area contributed by atoms with Crippen LogP contribution in [0.1, 0.15) is 26.2 Å². The molecule has 2 rings (SSSR count). The van der Waals surface area contributed by atoms with Crippen LogP contribution in [0.15, 0.2) is 10.7 Å². The summed E-state index contributed by atoms with van der Waals surface area (Å²) in [6.45, 7) is 5.17. The maximum atomic E-state index is 9.18. The van der Waals surface area contributed by atoms with Gasteiger partial charge in [0.25, 0.3) is 0 Å². The third-order valence-electron chi connectivity index (χ3n) is 3.43. The summed E-state index contributed by atoms with van der Waals surface area (Å²) in [6.07, 6.45) is 4.89. The molecular weight excluding hydrogens is 308 g/mol. The second-order valence-electron chi connectivity index (χ2n) is 4.90. The third-order valence-corrected chi connectivity index (χ3v) is 3.99. The third kappa shape index (κ3) is 3.79. The highest BCUT2D eigenvalue weighted by Crippen LogP contribution is 2.28. The standard InChI is InChI=1S/C13H21BrN4O/c1-2-5-15-13-16-8-11(14)12(17-13)18-6-3-10(9-19)4-7-18/h8,10,19H,2-7,9H2,1H3,(H,15,16,17). The van der Waals surface area contributed by atoms with Crippen LogP contribution in [0.2, 0.25) is 0 Å². The second kappa shape index (κ2) is 7.05. The Hall–Kier alpha value is -0.880. The zero-order chi connectivity index (χ0) is 13.7. The minimum atomic E-state index is 0.294.